The van der Waals surface area contributed by atoms with E-state index >= 15 is 0 Å². The fourth-order valence-electron chi connectivity index (χ4n) is 10.5. The number of para-hydroxylation sites is 1. The fourth-order valence-corrected chi connectivity index (χ4v) is 12.8. The topological polar surface area (TPSA) is 8.17 Å². The molecule has 4 heteroatoms. The smallest absolute Gasteiger partial charge is 0.0692 e. The van der Waals surface area contributed by atoms with Crippen LogP contribution >= 0.6 is 23.5 Å². The molecule has 318 valence electrons. The summed E-state index contributed by atoms with van der Waals surface area (Å²) >= 11 is 3.79. The molecule has 0 atom stereocenters. The highest BCUT2D eigenvalue weighted by Crippen LogP contribution is 2.55. The van der Waals surface area contributed by atoms with Crippen molar-refractivity contribution in [3.05, 3.63) is 242 Å². The van der Waals surface area contributed by atoms with Gasteiger partial charge in [0, 0.05) is 53.6 Å². The van der Waals surface area contributed by atoms with Gasteiger partial charge in [-0.2, -0.15) is 0 Å². The summed E-state index contributed by atoms with van der Waals surface area (Å²) in [7, 11) is 0. The number of anilines is 3. The van der Waals surface area contributed by atoms with Gasteiger partial charge >= 0.3 is 0 Å². The van der Waals surface area contributed by atoms with E-state index in [1.807, 2.05) is 23.5 Å². The molecule has 0 unspecified atom stereocenters. The molecule has 1 aromatic heterocycles. The Morgan fingerprint density at radius 1 is 0.373 bits per heavy atom. The molecule has 67 heavy (non-hydrogen) atoms. The molecule has 0 saturated carbocycles. The molecule has 0 N–H and O–H groups in total. The number of hydrogen-bond donors (Lipinski definition) is 0. The highest BCUT2D eigenvalue weighted by molar-refractivity contribution is 8.05. The Kier molecular flexibility index (Phi) is 9.42. The summed E-state index contributed by atoms with van der Waals surface area (Å²) in [6.45, 7) is 4.76. The van der Waals surface area contributed by atoms with Crippen LogP contribution in [0.4, 0.5) is 17.1 Å². The quantitative estimate of drug-likeness (QED) is 0.158. The first kappa shape index (κ1) is 39.8. The van der Waals surface area contributed by atoms with Crippen molar-refractivity contribution in [3.63, 3.8) is 0 Å². The summed E-state index contributed by atoms with van der Waals surface area (Å²) in [5, 5.41) is 2.61. The lowest BCUT2D eigenvalue weighted by molar-refractivity contribution is 0.661. The third-order valence-electron chi connectivity index (χ3n) is 13.9. The monoisotopic (exact) mass is 892 g/mol. The van der Waals surface area contributed by atoms with Gasteiger partial charge in [-0.3, -0.25) is 0 Å². The Balaban J connectivity index is 0.836. The highest BCUT2D eigenvalue weighted by atomic mass is 32.2. The SMILES string of the molecule is CC1(C)c2ccccc2-c2cc3c(cc21)c1ccc2c(c1n3-c1ccc(-c3ccc(-c4ccc(N(c5ccccc5)c5ccc(-c6ccccc6)cc5)cc4)cc3)cc1)Sc1ccccc1S2. The Labute approximate surface area is 400 Å². The van der Waals surface area contributed by atoms with Gasteiger partial charge in [0.2, 0.25) is 0 Å². The predicted molar refractivity (Wildman–Crippen MR) is 284 cm³/mol. The van der Waals surface area contributed by atoms with E-state index in [0.29, 0.717) is 0 Å². The maximum Gasteiger partial charge on any atom is 0.0692 e. The Hall–Kier alpha value is -7.50. The lowest BCUT2D eigenvalue weighted by Gasteiger charge is -2.26. The lowest BCUT2D eigenvalue weighted by atomic mass is 9.82. The van der Waals surface area contributed by atoms with Crippen molar-refractivity contribution in [2.75, 3.05) is 4.90 Å². The first-order valence-corrected chi connectivity index (χ1v) is 24.6. The van der Waals surface area contributed by atoms with E-state index in [2.05, 4.69) is 254 Å². The van der Waals surface area contributed by atoms with E-state index in [4.69, 9.17) is 0 Å². The summed E-state index contributed by atoms with van der Waals surface area (Å²) < 4.78 is 2.54. The van der Waals surface area contributed by atoms with Crippen molar-refractivity contribution in [2.45, 2.75) is 38.8 Å². The van der Waals surface area contributed by atoms with Gasteiger partial charge in [0.05, 0.1) is 15.9 Å². The van der Waals surface area contributed by atoms with Crippen LogP contribution in [0.5, 0.6) is 0 Å². The maximum atomic E-state index is 2.54. The van der Waals surface area contributed by atoms with Crippen LogP contribution in [0.25, 0.3) is 72.0 Å². The third kappa shape index (κ3) is 6.66. The molecule has 0 radical (unpaired) electrons. The minimum Gasteiger partial charge on any atom is -0.311 e. The summed E-state index contributed by atoms with van der Waals surface area (Å²) in [6, 6.07) is 84.6. The zero-order valence-corrected chi connectivity index (χ0v) is 38.8. The highest BCUT2D eigenvalue weighted by Gasteiger charge is 2.36. The number of nitrogens with zero attached hydrogens (tertiary/aromatic N) is 2. The van der Waals surface area contributed by atoms with Gasteiger partial charge in [0.15, 0.2) is 0 Å². The Bertz CT molecular complexity index is 3670. The van der Waals surface area contributed by atoms with E-state index in [1.165, 1.54) is 103 Å². The second-order valence-electron chi connectivity index (χ2n) is 18.1. The number of benzene rings is 10. The number of rotatable bonds is 7. The molecule has 10 aromatic carbocycles. The van der Waals surface area contributed by atoms with Crippen LogP contribution in [0.3, 0.4) is 0 Å². The first-order valence-electron chi connectivity index (χ1n) is 23.0. The average Bonchev–Trinajstić information content (AvgIpc) is 3.84. The summed E-state index contributed by atoms with van der Waals surface area (Å²) in [4.78, 5) is 7.60. The molecule has 13 rings (SSSR count). The molecule has 0 amide bonds. The van der Waals surface area contributed by atoms with E-state index in [-0.39, 0.29) is 5.41 Å². The van der Waals surface area contributed by atoms with Crippen LogP contribution in [0.2, 0.25) is 0 Å². The minimum atomic E-state index is -0.0763. The number of fused-ring (bicyclic) bond motifs is 9. The normalized spacial score (nSPS) is 13.2. The Morgan fingerprint density at radius 2 is 0.866 bits per heavy atom. The summed E-state index contributed by atoms with van der Waals surface area (Å²) in [5.74, 6) is 0. The van der Waals surface area contributed by atoms with Crippen LogP contribution < -0.4 is 4.90 Å². The van der Waals surface area contributed by atoms with Crippen molar-refractivity contribution in [1.29, 1.82) is 0 Å². The van der Waals surface area contributed by atoms with Gasteiger partial charge in [-0.05, 0) is 134 Å². The van der Waals surface area contributed by atoms with Crippen LogP contribution in [0, 0.1) is 0 Å². The zero-order valence-electron chi connectivity index (χ0n) is 37.2. The van der Waals surface area contributed by atoms with Gasteiger partial charge in [-0.15, -0.1) is 0 Å². The fraction of sp³-hybridized carbons (Fsp3) is 0.0476. The van der Waals surface area contributed by atoms with Crippen molar-refractivity contribution in [3.8, 4) is 50.2 Å². The van der Waals surface area contributed by atoms with Gasteiger partial charge < -0.3 is 9.47 Å². The molecule has 2 nitrogen and oxygen atoms in total. The maximum absolute atomic E-state index is 2.54. The van der Waals surface area contributed by atoms with Crippen molar-refractivity contribution in [2.24, 2.45) is 0 Å². The molecule has 1 aliphatic carbocycles. The molecule has 1 aliphatic heterocycles. The molecule has 2 aliphatic rings. The molecule has 0 spiro atoms. The second kappa shape index (κ2) is 15.8. The summed E-state index contributed by atoms with van der Waals surface area (Å²) in [5.41, 5.74) is 19.6. The standard InChI is InChI=1S/C63H44N2S2/c1-63(2)55-18-10-9-17-51(55)53-40-57-54(39-56(53)63)52-37-38-60-62(67-59-20-12-11-19-58(59)66-60)61(52)65(57)50-35-29-46(30-36-50)43-23-21-42(22-24-43)45-27-33-49(34-28-45)64(47-15-7-4-8-16-47)48-31-25-44(26-32-48)41-13-5-3-6-14-41/h3-40H,1-2H3. The molecular weight excluding hydrogens is 849 g/mol. The van der Waals surface area contributed by atoms with Gasteiger partial charge in [0.25, 0.3) is 0 Å². The van der Waals surface area contributed by atoms with Gasteiger partial charge in [0.1, 0.15) is 0 Å². The second-order valence-corrected chi connectivity index (χ2v) is 20.3. The van der Waals surface area contributed by atoms with Crippen LogP contribution in [0.1, 0.15) is 25.0 Å². The van der Waals surface area contributed by atoms with Crippen LogP contribution in [0.15, 0.2) is 250 Å². The van der Waals surface area contributed by atoms with Crippen LogP contribution in [-0.4, -0.2) is 4.57 Å². The predicted octanol–water partition coefficient (Wildman–Crippen LogP) is 18.2. The summed E-state index contributed by atoms with van der Waals surface area (Å²) in [6.07, 6.45) is 0. The van der Waals surface area contributed by atoms with E-state index in [1.54, 1.807) is 0 Å². The van der Waals surface area contributed by atoms with E-state index in [9.17, 15) is 0 Å². The van der Waals surface area contributed by atoms with Crippen molar-refractivity contribution >= 4 is 62.4 Å². The molecule has 0 saturated heterocycles. The third-order valence-corrected chi connectivity index (χ3v) is 16.5. The van der Waals surface area contributed by atoms with Crippen molar-refractivity contribution < 1.29 is 0 Å². The average molecular weight is 893 g/mol. The lowest BCUT2D eigenvalue weighted by Crippen LogP contribution is -2.14. The zero-order chi connectivity index (χ0) is 44.6. The largest absolute Gasteiger partial charge is 0.311 e. The number of hydrogen-bond acceptors (Lipinski definition) is 3. The molecule has 2 heterocycles. The van der Waals surface area contributed by atoms with Crippen molar-refractivity contribution in [1.82, 2.24) is 4.57 Å². The molecular formula is C63H44N2S2. The van der Waals surface area contributed by atoms with Crippen LogP contribution in [-0.2, 0) is 5.41 Å². The Morgan fingerprint density at radius 3 is 1.49 bits per heavy atom. The van der Waals surface area contributed by atoms with Gasteiger partial charge in [-0.1, -0.05) is 189 Å². The molecule has 0 fully saturated rings. The van der Waals surface area contributed by atoms with E-state index < -0.39 is 0 Å². The molecule has 0 bridgehead atoms. The minimum absolute atomic E-state index is 0.0763. The first-order chi connectivity index (χ1) is 33.0. The molecule has 11 aromatic rings. The van der Waals surface area contributed by atoms with E-state index in [0.717, 1.165) is 17.1 Å². The number of aromatic nitrogens is 1. The van der Waals surface area contributed by atoms with Gasteiger partial charge in [-0.25, -0.2) is 0 Å².